The summed E-state index contributed by atoms with van der Waals surface area (Å²) in [6.07, 6.45) is 7.21. The number of benzene rings is 2. The van der Waals surface area contributed by atoms with Gasteiger partial charge in [0.1, 0.15) is 5.82 Å². The second-order valence-corrected chi connectivity index (χ2v) is 9.34. The summed E-state index contributed by atoms with van der Waals surface area (Å²) in [4.78, 5) is 17.7. The number of hydrogen-bond donors (Lipinski definition) is 2. The van der Waals surface area contributed by atoms with E-state index in [4.69, 9.17) is 4.84 Å². The molecule has 0 aromatic heterocycles. The van der Waals surface area contributed by atoms with E-state index in [1.165, 1.54) is 41.0 Å². The van der Waals surface area contributed by atoms with Crippen molar-refractivity contribution in [2.45, 2.75) is 32.2 Å². The number of amides is 2. The standard InChI is InChI=1S/C28H31FN4O2/c1-18-24-17-30-33(23-13-11-22(29)12-14-23)26(24)16-21-10-9-20(27(18)21)15-25(19-7-5-4-6-8-19)31-28(34)32(2)35-3/h4-8,11-14,16-18,20,25,30H,9-10,15H2,1-3H3,(H,31,34)/t18-,20+,25?/m0/s1. The predicted octanol–water partition coefficient (Wildman–Crippen LogP) is 5.61. The number of carbonyl (C=O) groups is 1. The number of fused-ring (bicyclic) bond motifs is 1. The second kappa shape index (κ2) is 9.58. The number of halogens is 1. The van der Waals surface area contributed by atoms with Gasteiger partial charge in [-0.3, -0.25) is 9.85 Å². The molecular formula is C28H31FN4O2. The lowest BCUT2D eigenvalue weighted by atomic mass is 9.78. The molecule has 0 spiro atoms. The van der Waals surface area contributed by atoms with Crippen LogP contribution in [0.2, 0.25) is 0 Å². The normalized spacial score (nSPS) is 21.5. The van der Waals surface area contributed by atoms with E-state index in [1.54, 1.807) is 19.2 Å². The van der Waals surface area contributed by atoms with Gasteiger partial charge in [-0.25, -0.2) is 14.2 Å². The monoisotopic (exact) mass is 474 g/mol. The molecular weight excluding hydrogens is 443 g/mol. The van der Waals surface area contributed by atoms with Gasteiger partial charge in [-0.2, -0.15) is 0 Å². The van der Waals surface area contributed by atoms with Crippen LogP contribution in [0.3, 0.4) is 0 Å². The summed E-state index contributed by atoms with van der Waals surface area (Å²) < 4.78 is 13.4. The average Bonchev–Trinajstić information content (AvgIpc) is 3.49. The zero-order valence-electron chi connectivity index (χ0n) is 20.3. The first-order valence-electron chi connectivity index (χ1n) is 12.1. The van der Waals surface area contributed by atoms with E-state index < -0.39 is 0 Å². The fourth-order valence-corrected chi connectivity index (χ4v) is 5.53. The van der Waals surface area contributed by atoms with Crippen LogP contribution in [-0.4, -0.2) is 25.3 Å². The van der Waals surface area contributed by atoms with Gasteiger partial charge in [0.25, 0.3) is 0 Å². The summed E-state index contributed by atoms with van der Waals surface area (Å²) in [6.45, 7) is 2.26. The number of anilines is 1. The van der Waals surface area contributed by atoms with Crippen LogP contribution in [0.1, 0.15) is 37.8 Å². The van der Waals surface area contributed by atoms with Crippen molar-refractivity contribution < 1.29 is 14.0 Å². The van der Waals surface area contributed by atoms with E-state index >= 15 is 0 Å². The lowest BCUT2D eigenvalue weighted by Crippen LogP contribution is -2.39. The molecule has 0 fully saturated rings. The molecule has 35 heavy (non-hydrogen) atoms. The Bertz CT molecular complexity index is 1190. The van der Waals surface area contributed by atoms with Crippen molar-refractivity contribution >= 4 is 11.7 Å². The number of hydrazine groups is 1. The molecule has 1 heterocycles. The van der Waals surface area contributed by atoms with Crippen molar-refractivity contribution in [2.24, 2.45) is 11.8 Å². The van der Waals surface area contributed by atoms with Gasteiger partial charge in [0.2, 0.25) is 0 Å². The van der Waals surface area contributed by atoms with Gasteiger partial charge in [-0.05, 0) is 66.7 Å². The molecule has 182 valence electrons. The second-order valence-electron chi connectivity index (χ2n) is 9.34. The Hall–Kier alpha value is -3.58. The minimum Gasteiger partial charge on any atom is -0.329 e. The zero-order chi connectivity index (χ0) is 24.5. The molecule has 0 saturated heterocycles. The molecule has 0 saturated carbocycles. The number of nitrogens with one attached hydrogen (secondary N) is 2. The minimum absolute atomic E-state index is 0.123. The molecule has 0 bridgehead atoms. The predicted molar refractivity (Wildman–Crippen MR) is 134 cm³/mol. The quantitative estimate of drug-likeness (QED) is 0.535. The zero-order valence-corrected chi connectivity index (χ0v) is 20.3. The Labute approximate surface area is 205 Å². The summed E-state index contributed by atoms with van der Waals surface area (Å²) >= 11 is 0. The fourth-order valence-electron chi connectivity index (χ4n) is 5.53. The van der Waals surface area contributed by atoms with Crippen molar-refractivity contribution in [3.05, 3.63) is 101 Å². The number of hydroxylamine groups is 2. The molecule has 2 amide bonds. The molecule has 3 atom stereocenters. The molecule has 2 aromatic carbocycles. The van der Waals surface area contributed by atoms with Crippen molar-refractivity contribution in [3.8, 4) is 0 Å². The van der Waals surface area contributed by atoms with Crippen molar-refractivity contribution in [1.29, 1.82) is 0 Å². The third-order valence-corrected chi connectivity index (χ3v) is 7.37. The smallest absolute Gasteiger partial charge is 0.329 e. The van der Waals surface area contributed by atoms with E-state index in [0.717, 1.165) is 36.2 Å². The first kappa shape index (κ1) is 23.2. The first-order chi connectivity index (χ1) is 17.0. The van der Waals surface area contributed by atoms with Gasteiger partial charge in [-0.15, -0.1) is 0 Å². The van der Waals surface area contributed by atoms with Gasteiger partial charge in [-0.1, -0.05) is 42.8 Å². The maximum Gasteiger partial charge on any atom is 0.341 e. The lowest BCUT2D eigenvalue weighted by Gasteiger charge is -2.31. The molecule has 2 N–H and O–H groups in total. The molecule has 1 unspecified atom stereocenters. The largest absolute Gasteiger partial charge is 0.341 e. The van der Waals surface area contributed by atoms with Gasteiger partial charge < -0.3 is 10.7 Å². The van der Waals surface area contributed by atoms with E-state index in [9.17, 15) is 9.18 Å². The highest BCUT2D eigenvalue weighted by molar-refractivity contribution is 5.73. The molecule has 3 aliphatic rings. The highest BCUT2D eigenvalue weighted by Gasteiger charge is 2.39. The Morgan fingerprint density at radius 2 is 1.97 bits per heavy atom. The Balaban J connectivity index is 1.41. The van der Waals surface area contributed by atoms with Crippen LogP contribution in [-0.2, 0) is 4.84 Å². The van der Waals surface area contributed by atoms with E-state index in [2.05, 4.69) is 42.1 Å². The lowest BCUT2D eigenvalue weighted by molar-refractivity contribution is -0.0657. The molecule has 7 heteroatoms. The van der Waals surface area contributed by atoms with Crippen molar-refractivity contribution in [3.63, 3.8) is 0 Å². The van der Waals surface area contributed by atoms with Crippen LogP contribution in [0.4, 0.5) is 14.9 Å². The minimum atomic E-state index is -0.259. The average molecular weight is 475 g/mol. The van der Waals surface area contributed by atoms with Crippen LogP contribution in [0.15, 0.2) is 89.3 Å². The summed E-state index contributed by atoms with van der Waals surface area (Å²) in [7, 11) is 3.09. The van der Waals surface area contributed by atoms with E-state index in [0.29, 0.717) is 5.92 Å². The molecule has 0 radical (unpaired) electrons. The van der Waals surface area contributed by atoms with Gasteiger partial charge >= 0.3 is 6.03 Å². The number of rotatable bonds is 6. The Morgan fingerprint density at radius 3 is 2.69 bits per heavy atom. The third kappa shape index (κ3) is 4.44. The van der Waals surface area contributed by atoms with Gasteiger partial charge in [0, 0.05) is 24.7 Å². The summed E-state index contributed by atoms with van der Waals surface area (Å²) in [5, 5.41) is 6.40. The Morgan fingerprint density at radius 1 is 1.23 bits per heavy atom. The third-order valence-electron chi connectivity index (χ3n) is 7.37. The number of allylic oxidation sites excluding steroid dienone is 4. The maximum absolute atomic E-state index is 13.4. The van der Waals surface area contributed by atoms with Crippen molar-refractivity contribution in [1.82, 2.24) is 15.8 Å². The van der Waals surface area contributed by atoms with Crippen LogP contribution >= 0.6 is 0 Å². The number of carbonyl (C=O) groups excluding carboxylic acids is 1. The van der Waals surface area contributed by atoms with Crippen LogP contribution in [0, 0.1) is 17.7 Å². The molecule has 2 aliphatic carbocycles. The number of nitrogens with zero attached hydrogens (tertiary/aromatic N) is 2. The summed E-state index contributed by atoms with van der Waals surface area (Å²) in [5.74, 6) is 0.369. The number of hydrogen-bond acceptors (Lipinski definition) is 4. The highest BCUT2D eigenvalue weighted by Crippen LogP contribution is 2.49. The van der Waals surface area contributed by atoms with Crippen LogP contribution < -0.4 is 15.8 Å². The van der Waals surface area contributed by atoms with E-state index in [-0.39, 0.29) is 23.8 Å². The highest BCUT2D eigenvalue weighted by atomic mass is 19.1. The maximum atomic E-state index is 13.4. The summed E-state index contributed by atoms with van der Waals surface area (Å²) in [5.41, 5.74) is 10.5. The molecule has 1 aliphatic heterocycles. The van der Waals surface area contributed by atoms with Gasteiger partial charge in [0.15, 0.2) is 0 Å². The topological polar surface area (TPSA) is 56.8 Å². The van der Waals surface area contributed by atoms with Crippen LogP contribution in [0.25, 0.3) is 0 Å². The fraction of sp³-hybridized carbons (Fsp3) is 0.321. The van der Waals surface area contributed by atoms with Crippen molar-refractivity contribution in [2.75, 3.05) is 19.2 Å². The number of urea groups is 1. The molecule has 2 aromatic rings. The van der Waals surface area contributed by atoms with E-state index in [1.807, 2.05) is 23.2 Å². The molecule has 5 rings (SSSR count). The van der Waals surface area contributed by atoms with Crippen LogP contribution in [0.5, 0.6) is 0 Å². The summed E-state index contributed by atoms with van der Waals surface area (Å²) in [6, 6.07) is 16.3. The first-order valence-corrected chi connectivity index (χ1v) is 12.1. The Kier molecular flexibility index (Phi) is 6.34. The SMILES string of the molecule is CON(C)C(=O)NC(C[C@H]1CCC2=C1[C@@H](C)C1=CNN(c3ccc(F)cc3)C1=C2)c1ccccc1. The van der Waals surface area contributed by atoms with Gasteiger partial charge in [0.05, 0.1) is 24.5 Å². The molecule has 6 nitrogen and oxygen atoms in total.